The van der Waals surface area contributed by atoms with Crippen molar-refractivity contribution in [3.8, 4) is 0 Å². The summed E-state index contributed by atoms with van der Waals surface area (Å²) < 4.78 is 5.33. The SMILES string of the molecule is CC(C)(C)c1noc(CCC(=O)N2CC3CC4CC(C3)CC2C4)n1. The predicted molar refractivity (Wildman–Crippen MR) is 90.4 cm³/mol. The third-order valence-corrected chi connectivity index (χ3v) is 6.12. The van der Waals surface area contributed by atoms with Gasteiger partial charge in [-0.2, -0.15) is 4.98 Å². The maximum atomic E-state index is 12.8. The summed E-state index contributed by atoms with van der Waals surface area (Å²) in [6, 6.07) is 0.488. The van der Waals surface area contributed by atoms with E-state index >= 15 is 0 Å². The first-order valence-corrected chi connectivity index (χ1v) is 9.51. The van der Waals surface area contributed by atoms with Crippen LogP contribution in [-0.4, -0.2) is 33.5 Å². The minimum absolute atomic E-state index is 0.116. The van der Waals surface area contributed by atoms with E-state index in [1.54, 1.807) is 0 Å². The molecular weight excluding hydrogens is 302 g/mol. The molecule has 0 N–H and O–H groups in total. The van der Waals surface area contributed by atoms with Crippen molar-refractivity contribution in [2.75, 3.05) is 6.54 Å². The minimum atomic E-state index is -0.116. The Balaban J connectivity index is 1.39. The number of carbonyl (C=O) groups excluding carboxylic acids is 1. The number of amides is 1. The van der Waals surface area contributed by atoms with Gasteiger partial charge in [0.15, 0.2) is 5.82 Å². The van der Waals surface area contributed by atoms with E-state index in [0.29, 0.717) is 24.8 Å². The zero-order chi connectivity index (χ0) is 16.9. The fourth-order valence-corrected chi connectivity index (χ4v) is 5.11. The highest BCUT2D eigenvalue weighted by atomic mass is 16.5. The van der Waals surface area contributed by atoms with Gasteiger partial charge in [-0.25, -0.2) is 0 Å². The highest BCUT2D eigenvalue weighted by molar-refractivity contribution is 5.76. The molecular formula is C19H29N3O2. The van der Waals surface area contributed by atoms with Crippen LogP contribution >= 0.6 is 0 Å². The number of nitrogens with zero attached hydrogens (tertiary/aromatic N) is 3. The lowest BCUT2D eigenvalue weighted by Gasteiger charge is -2.39. The van der Waals surface area contributed by atoms with Crippen LogP contribution in [0.15, 0.2) is 4.52 Å². The molecule has 4 bridgehead atoms. The van der Waals surface area contributed by atoms with Crippen LogP contribution in [-0.2, 0) is 16.6 Å². The molecule has 24 heavy (non-hydrogen) atoms. The third-order valence-electron chi connectivity index (χ3n) is 6.12. The molecule has 2 unspecified atom stereocenters. The van der Waals surface area contributed by atoms with Gasteiger partial charge in [-0.1, -0.05) is 25.9 Å². The molecule has 2 saturated carbocycles. The number of hydrogen-bond acceptors (Lipinski definition) is 4. The lowest BCUT2D eigenvalue weighted by Crippen LogP contribution is -2.42. The molecule has 3 heterocycles. The zero-order valence-corrected chi connectivity index (χ0v) is 15.1. The van der Waals surface area contributed by atoms with Crippen LogP contribution in [0.4, 0.5) is 0 Å². The molecule has 4 aliphatic rings. The Bertz CT molecular complexity index is 604. The van der Waals surface area contributed by atoms with Crippen molar-refractivity contribution in [1.29, 1.82) is 0 Å². The number of aromatic nitrogens is 2. The third kappa shape index (κ3) is 3.09. The molecule has 2 aliphatic heterocycles. The molecule has 2 aliphatic carbocycles. The Kier molecular flexibility index (Phi) is 3.92. The molecule has 1 aromatic heterocycles. The highest BCUT2D eigenvalue weighted by Crippen LogP contribution is 2.47. The van der Waals surface area contributed by atoms with Crippen LogP contribution in [0, 0.1) is 17.8 Å². The second-order valence-electron chi connectivity index (χ2n) is 9.24. The number of hydrogen-bond donors (Lipinski definition) is 0. The van der Waals surface area contributed by atoms with Crippen molar-refractivity contribution in [2.45, 2.75) is 77.2 Å². The number of rotatable bonds is 3. The Morgan fingerprint density at radius 3 is 2.42 bits per heavy atom. The first-order valence-electron chi connectivity index (χ1n) is 9.51. The molecule has 5 rings (SSSR count). The van der Waals surface area contributed by atoms with Crippen molar-refractivity contribution >= 4 is 5.91 Å². The van der Waals surface area contributed by atoms with E-state index in [4.69, 9.17) is 4.52 Å². The Morgan fingerprint density at radius 1 is 1.12 bits per heavy atom. The average molecular weight is 331 g/mol. The van der Waals surface area contributed by atoms with Crippen LogP contribution in [0.3, 0.4) is 0 Å². The molecule has 1 aromatic rings. The lowest BCUT2D eigenvalue weighted by molar-refractivity contribution is -0.134. The smallest absolute Gasteiger partial charge is 0.227 e. The first-order chi connectivity index (χ1) is 11.4. The topological polar surface area (TPSA) is 59.2 Å². The fraction of sp³-hybridized carbons (Fsp3) is 0.842. The molecule has 0 spiro atoms. The Labute approximate surface area is 144 Å². The summed E-state index contributed by atoms with van der Waals surface area (Å²) in [5.41, 5.74) is -0.116. The summed E-state index contributed by atoms with van der Waals surface area (Å²) in [6.45, 7) is 7.17. The standard InChI is InChI=1S/C19H29N3O2/c1-19(2,3)18-20-16(24-21-18)4-5-17(23)22-11-14-7-12-6-13(8-14)10-15(22)9-12/h12-15H,4-11H2,1-3H3. The summed E-state index contributed by atoms with van der Waals surface area (Å²) >= 11 is 0. The summed E-state index contributed by atoms with van der Waals surface area (Å²) in [4.78, 5) is 19.5. The molecule has 1 amide bonds. The van der Waals surface area contributed by atoms with Crippen LogP contribution in [0.2, 0.25) is 0 Å². The van der Waals surface area contributed by atoms with Gasteiger partial charge in [0.1, 0.15) is 0 Å². The number of aryl methyl sites for hydroxylation is 1. The molecule has 0 aromatic carbocycles. The summed E-state index contributed by atoms with van der Waals surface area (Å²) in [5, 5.41) is 4.05. The van der Waals surface area contributed by atoms with Crippen LogP contribution < -0.4 is 0 Å². The van der Waals surface area contributed by atoms with Gasteiger partial charge in [0.25, 0.3) is 0 Å². The fourth-order valence-electron chi connectivity index (χ4n) is 5.11. The van der Waals surface area contributed by atoms with Crippen molar-refractivity contribution in [2.24, 2.45) is 17.8 Å². The van der Waals surface area contributed by atoms with Crippen molar-refractivity contribution in [3.63, 3.8) is 0 Å². The van der Waals surface area contributed by atoms with Crippen molar-refractivity contribution < 1.29 is 9.32 Å². The maximum Gasteiger partial charge on any atom is 0.227 e. The Hall–Kier alpha value is -1.39. The molecule has 2 atom stereocenters. The largest absolute Gasteiger partial charge is 0.339 e. The van der Waals surface area contributed by atoms with E-state index in [1.165, 1.54) is 32.1 Å². The highest BCUT2D eigenvalue weighted by Gasteiger charge is 2.43. The van der Waals surface area contributed by atoms with E-state index in [2.05, 4.69) is 35.8 Å². The van der Waals surface area contributed by atoms with Gasteiger partial charge in [0.2, 0.25) is 11.8 Å². The second kappa shape index (κ2) is 5.85. The van der Waals surface area contributed by atoms with Gasteiger partial charge in [-0.15, -0.1) is 0 Å². The number of fused-ring (bicyclic) bond motifs is 1. The van der Waals surface area contributed by atoms with Gasteiger partial charge >= 0.3 is 0 Å². The monoisotopic (exact) mass is 331 g/mol. The van der Waals surface area contributed by atoms with E-state index < -0.39 is 0 Å². The van der Waals surface area contributed by atoms with Gasteiger partial charge in [-0.3, -0.25) is 4.79 Å². The van der Waals surface area contributed by atoms with Crippen molar-refractivity contribution in [1.82, 2.24) is 15.0 Å². The second-order valence-corrected chi connectivity index (χ2v) is 9.24. The van der Waals surface area contributed by atoms with Crippen LogP contribution in [0.25, 0.3) is 0 Å². The van der Waals surface area contributed by atoms with E-state index in [9.17, 15) is 4.79 Å². The van der Waals surface area contributed by atoms with Gasteiger partial charge < -0.3 is 9.42 Å². The molecule has 0 radical (unpaired) electrons. The van der Waals surface area contributed by atoms with Crippen LogP contribution in [0.5, 0.6) is 0 Å². The molecule has 132 valence electrons. The lowest BCUT2D eigenvalue weighted by atomic mass is 9.68. The molecule has 5 nitrogen and oxygen atoms in total. The van der Waals surface area contributed by atoms with Crippen molar-refractivity contribution in [3.05, 3.63) is 11.7 Å². The first kappa shape index (κ1) is 16.1. The summed E-state index contributed by atoms with van der Waals surface area (Å²) in [6.07, 6.45) is 7.60. The van der Waals surface area contributed by atoms with E-state index in [1.807, 2.05) is 0 Å². The van der Waals surface area contributed by atoms with Crippen LogP contribution in [0.1, 0.15) is 71.0 Å². The zero-order valence-electron chi connectivity index (χ0n) is 15.1. The quantitative estimate of drug-likeness (QED) is 0.852. The molecule has 5 heteroatoms. The molecule has 4 fully saturated rings. The maximum absolute atomic E-state index is 12.8. The van der Waals surface area contributed by atoms with E-state index in [-0.39, 0.29) is 11.3 Å². The summed E-state index contributed by atoms with van der Waals surface area (Å²) in [7, 11) is 0. The number of carbonyl (C=O) groups is 1. The van der Waals surface area contributed by atoms with E-state index in [0.717, 1.165) is 30.1 Å². The normalized spacial score (nSPS) is 32.2. The summed E-state index contributed by atoms with van der Waals surface area (Å²) in [5.74, 6) is 4.07. The molecule has 2 saturated heterocycles. The minimum Gasteiger partial charge on any atom is -0.339 e. The predicted octanol–water partition coefficient (Wildman–Crippen LogP) is 3.34. The van der Waals surface area contributed by atoms with Gasteiger partial charge in [0.05, 0.1) is 0 Å². The average Bonchev–Trinajstić information content (AvgIpc) is 2.90. The van der Waals surface area contributed by atoms with Gasteiger partial charge in [0, 0.05) is 30.8 Å². The Morgan fingerprint density at radius 2 is 1.79 bits per heavy atom. The van der Waals surface area contributed by atoms with Gasteiger partial charge in [-0.05, 0) is 49.9 Å².